The first kappa shape index (κ1) is 13.6. The van der Waals surface area contributed by atoms with E-state index in [9.17, 15) is 4.79 Å². The Morgan fingerprint density at radius 3 is 2.53 bits per heavy atom. The van der Waals surface area contributed by atoms with Crippen LogP contribution in [-0.4, -0.2) is 9.97 Å². The number of hydrogen-bond donors (Lipinski definition) is 2. The largest absolute Gasteiger partial charge is 0.323 e. The molecular weight excluding hydrogens is 460 g/mol. The van der Waals surface area contributed by atoms with E-state index < -0.39 is 0 Å². The molecule has 0 fully saturated rings. The standard InChI is InChI=1S/C12H7Br3N2OS/c13-9-4-6(11(15)19-9)10(14)5-1-2-7-8(3-5)17-12(18)16-7/h1-4,10H,(H2,16,17,18). The highest BCUT2D eigenvalue weighted by Crippen LogP contribution is 2.42. The summed E-state index contributed by atoms with van der Waals surface area (Å²) >= 11 is 12.4. The summed E-state index contributed by atoms with van der Waals surface area (Å²) in [5, 5.41) is 0. The summed E-state index contributed by atoms with van der Waals surface area (Å²) in [5.74, 6) is 0. The normalized spacial score (nSPS) is 13.0. The Hall–Kier alpha value is -0.370. The van der Waals surface area contributed by atoms with Gasteiger partial charge in [0.2, 0.25) is 0 Å². The van der Waals surface area contributed by atoms with Gasteiger partial charge in [-0.05, 0) is 61.2 Å². The quantitative estimate of drug-likeness (QED) is 0.517. The van der Waals surface area contributed by atoms with Crippen molar-refractivity contribution >= 4 is 70.2 Å². The maximum Gasteiger partial charge on any atom is 0.323 e. The molecule has 0 saturated heterocycles. The van der Waals surface area contributed by atoms with Crippen molar-refractivity contribution in [1.82, 2.24) is 9.97 Å². The van der Waals surface area contributed by atoms with Gasteiger partial charge in [0.25, 0.3) is 0 Å². The van der Waals surface area contributed by atoms with Gasteiger partial charge in [0.05, 0.1) is 23.4 Å². The summed E-state index contributed by atoms with van der Waals surface area (Å²) < 4.78 is 2.17. The molecule has 1 atom stereocenters. The molecule has 0 spiro atoms. The number of fused-ring (bicyclic) bond motifs is 1. The van der Waals surface area contributed by atoms with Crippen LogP contribution in [0.4, 0.5) is 0 Å². The van der Waals surface area contributed by atoms with Gasteiger partial charge < -0.3 is 9.97 Å². The van der Waals surface area contributed by atoms with E-state index in [0.29, 0.717) is 0 Å². The van der Waals surface area contributed by atoms with Crippen LogP contribution in [0.25, 0.3) is 11.0 Å². The van der Waals surface area contributed by atoms with E-state index in [0.717, 1.165) is 29.7 Å². The van der Waals surface area contributed by atoms with Gasteiger partial charge >= 0.3 is 5.69 Å². The molecule has 1 aromatic carbocycles. The first-order valence-corrected chi connectivity index (χ1v) is 8.67. The average molecular weight is 467 g/mol. The second-order valence-corrected chi connectivity index (χ2v) is 8.69. The highest BCUT2D eigenvalue weighted by atomic mass is 79.9. The zero-order valence-electron chi connectivity index (χ0n) is 9.34. The Morgan fingerprint density at radius 2 is 1.84 bits per heavy atom. The molecule has 0 amide bonds. The van der Waals surface area contributed by atoms with Crippen molar-refractivity contribution in [3.63, 3.8) is 0 Å². The van der Waals surface area contributed by atoms with Crippen LogP contribution in [0.1, 0.15) is 16.0 Å². The lowest BCUT2D eigenvalue weighted by atomic mass is 10.1. The topological polar surface area (TPSA) is 48.6 Å². The van der Waals surface area contributed by atoms with Crippen molar-refractivity contribution in [2.24, 2.45) is 0 Å². The van der Waals surface area contributed by atoms with Gasteiger partial charge in [0.1, 0.15) is 0 Å². The van der Waals surface area contributed by atoms with Crippen LogP contribution in [0.3, 0.4) is 0 Å². The maximum absolute atomic E-state index is 11.3. The Morgan fingerprint density at radius 1 is 1.11 bits per heavy atom. The van der Waals surface area contributed by atoms with E-state index in [4.69, 9.17) is 0 Å². The molecule has 0 aliphatic rings. The number of H-pyrrole nitrogens is 2. The number of thiophene rings is 1. The molecular formula is C12H7Br3N2OS. The number of benzene rings is 1. The molecule has 3 aromatic rings. The minimum atomic E-state index is -0.183. The lowest BCUT2D eigenvalue weighted by molar-refractivity contribution is 1.19. The fourth-order valence-electron chi connectivity index (χ4n) is 1.91. The van der Waals surface area contributed by atoms with E-state index in [-0.39, 0.29) is 10.5 Å². The van der Waals surface area contributed by atoms with Crippen LogP contribution >= 0.6 is 59.1 Å². The van der Waals surface area contributed by atoms with Crippen molar-refractivity contribution < 1.29 is 0 Å². The monoisotopic (exact) mass is 464 g/mol. The van der Waals surface area contributed by atoms with Gasteiger partial charge in [-0.2, -0.15) is 0 Å². The highest BCUT2D eigenvalue weighted by molar-refractivity contribution is 9.12. The van der Waals surface area contributed by atoms with Gasteiger partial charge in [-0.25, -0.2) is 4.79 Å². The molecule has 3 rings (SSSR count). The van der Waals surface area contributed by atoms with Crippen molar-refractivity contribution in [2.75, 3.05) is 0 Å². The van der Waals surface area contributed by atoms with E-state index in [2.05, 4.69) is 63.8 Å². The first-order valence-electron chi connectivity index (χ1n) is 5.35. The van der Waals surface area contributed by atoms with E-state index >= 15 is 0 Å². The summed E-state index contributed by atoms with van der Waals surface area (Å²) in [6, 6.07) is 7.97. The third kappa shape index (κ3) is 2.61. The van der Waals surface area contributed by atoms with Crippen LogP contribution < -0.4 is 5.69 Å². The molecule has 98 valence electrons. The van der Waals surface area contributed by atoms with Crippen LogP contribution in [0.15, 0.2) is 36.6 Å². The Kier molecular flexibility index (Phi) is 3.72. The number of aromatic nitrogens is 2. The van der Waals surface area contributed by atoms with Crippen LogP contribution in [0.2, 0.25) is 0 Å². The number of imidazole rings is 1. The van der Waals surface area contributed by atoms with Crippen molar-refractivity contribution in [3.05, 3.63) is 53.4 Å². The van der Waals surface area contributed by atoms with E-state index in [1.165, 1.54) is 0 Å². The van der Waals surface area contributed by atoms with Crippen molar-refractivity contribution in [1.29, 1.82) is 0 Å². The molecule has 1 unspecified atom stereocenters. The Labute approximate surface area is 137 Å². The fraction of sp³-hybridized carbons (Fsp3) is 0.0833. The Bertz CT molecular complexity index is 805. The number of hydrogen-bond acceptors (Lipinski definition) is 2. The first-order chi connectivity index (χ1) is 9.04. The van der Waals surface area contributed by atoms with Crippen molar-refractivity contribution in [3.8, 4) is 0 Å². The molecule has 7 heteroatoms. The van der Waals surface area contributed by atoms with Crippen molar-refractivity contribution in [2.45, 2.75) is 4.83 Å². The minimum absolute atomic E-state index is 0.0761. The van der Waals surface area contributed by atoms with E-state index in [1.54, 1.807) is 11.3 Å². The van der Waals surface area contributed by atoms with Gasteiger partial charge in [-0.1, -0.05) is 22.0 Å². The van der Waals surface area contributed by atoms with Crippen LogP contribution in [-0.2, 0) is 0 Å². The second kappa shape index (κ2) is 5.20. The van der Waals surface area contributed by atoms with E-state index in [1.807, 2.05) is 18.2 Å². The second-order valence-electron chi connectivity index (χ2n) is 4.03. The molecule has 2 aromatic heterocycles. The number of aromatic amines is 2. The summed E-state index contributed by atoms with van der Waals surface area (Å²) in [6.07, 6.45) is 0. The summed E-state index contributed by atoms with van der Waals surface area (Å²) in [5.41, 5.74) is 3.71. The molecule has 2 N–H and O–H groups in total. The molecule has 0 aliphatic heterocycles. The lowest BCUT2D eigenvalue weighted by Crippen LogP contribution is -1.99. The molecule has 0 saturated carbocycles. The fourth-order valence-corrected chi connectivity index (χ4v) is 5.92. The smallest absolute Gasteiger partial charge is 0.306 e. The summed E-state index contributed by atoms with van der Waals surface area (Å²) in [6.45, 7) is 0. The third-order valence-corrected chi connectivity index (χ3v) is 6.20. The zero-order chi connectivity index (χ0) is 13.6. The molecule has 0 bridgehead atoms. The predicted octanol–water partition coefficient (Wildman–Crippen LogP) is 4.93. The van der Waals surface area contributed by atoms with Gasteiger partial charge in [-0.15, -0.1) is 11.3 Å². The average Bonchev–Trinajstić information content (AvgIpc) is 2.88. The number of rotatable bonds is 2. The third-order valence-electron chi connectivity index (χ3n) is 2.79. The summed E-state index contributed by atoms with van der Waals surface area (Å²) in [7, 11) is 0. The number of halogens is 3. The number of nitrogens with one attached hydrogen (secondary N) is 2. The Balaban J connectivity index is 2.08. The molecule has 2 heterocycles. The number of alkyl halides is 1. The molecule has 3 nitrogen and oxygen atoms in total. The highest BCUT2D eigenvalue weighted by Gasteiger charge is 2.17. The zero-order valence-corrected chi connectivity index (χ0v) is 14.9. The van der Waals surface area contributed by atoms with Gasteiger partial charge in [0.15, 0.2) is 0 Å². The van der Waals surface area contributed by atoms with Crippen LogP contribution in [0, 0.1) is 0 Å². The lowest BCUT2D eigenvalue weighted by Gasteiger charge is -2.09. The minimum Gasteiger partial charge on any atom is -0.306 e. The maximum atomic E-state index is 11.3. The van der Waals surface area contributed by atoms with Gasteiger partial charge in [-0.3, -0.25) is 0 Å². The predicted molar refractivity (Wildman–Crippen MR) is 89.4 cm³/mol. The molecule has 19 heavy (non-hydrogen) atoms. The van der Waals surface area contributed by atoms with Crippen LogP contribution in [0.5, 0.6) is 0 Å². The summed E-state index contributed by atoms with van der Waals surface area (Å²) in [4.78, 5) is 16.9. The molecule has 0 aliphatic carbocycles. The van der Waals surface area contributed by atoms with Gasteiger partial charge in [0, 0.05) is 0 Å². The molecule has 0 radical (unpaired) electrons. The SMILES string of the molecule is O=c1[nH]c2ccc(C(Br)c3cc(Br)sc3Br)cc2[nH]1.